The van der Waals surface area contributed by atoms with Crippen molar-refractivity contribution in [2.24, 2.45) is 0 Å². The number of hydrogen-bond donors (Lipinski definition) is 1. The number of imidazole rings is 1. The highest BCUT2D eigenvalue weighted by Crippen LogP contribution is 2.18. The maximum Gasteiger partial charge on any atom is 0.197 e. The van der Waals surface area contributed by atoms with Gasteiger partial charge in [-0.25, -0.2) is 4.98 Å². The van der Waals surface area contributed by atoms with Crippen molar-refractivity contribution in [3.05, 3.63) is 29.1 Å². The molecule has 2 aromatic rings. The number of hydrogen-bond acceptors (Lipinski definition) is 2. The van der Waals surface area contributed by atoms with Gasteiger partial charge in [-0.1, -0.05) is 6.07 Å². The number of aromatic nitrogens is 2. The lowest BCUT2D eigenvalue weighted by Gasteiger charge is -1.96. The molecule has 0 aliphatic rings. The van der Waals surface area contributed by atoms with Crippen molar-refractivity contribution >= 4 is 21.4 Å². The summed E-state index contributed by atoms with van der Waals surface area (Å²) in [6, 6.07) is 5.26. The lowest BCUT2D eigenvalue weighted by molar-refractivity contribution is 0.444. The van der Waals surface area contributed by atoms with Crippen molar-refractivity contribution in [1.82, 2.24) is 9.38 Å². The molecule has 0 aliphatic heterocycles. The van der Waals surface area contributed by atoms with Crippen LogP contribution >= 0.6 is 15.9 Å². The van der Waals surface area contributed by atoms with E-state index in [4.69, 9.17) is 0 Å². The van der Waals surface area contributed by atoms with Gasteiger partial charge in [0.15, 0.2) is 10.6 Å². The Balaban J connectivity index is 2.96. The third-order valence-electron chi connectivity index (χ3n) is 1.49. The van der Waals surface area contributed by atoms with Crippen LogP contribution in [-0.4, -0.2) is 14.5 Å². The second kappa shape index (κ2) is 2.23. The van der Waals surface area contributed by atoms with Gasteiger partial charge in [-0.15, -0.1) is 0 Å². The fourth-order valence-corrected chi connectivity index (χ4v) is 1.48. The maximum absolute atomic E-state index is 9.33. The van der Waals surface area contributed by atoms with Crippen molar-refractivity contribution in [3.63, 3.8) is 0 Å². The molecule has 2 rings (SSSR count). The van der Waals surface area contributed by atoms with Crippen LogP contribution in [0.15, 0.2) is 29.1 Å². The van der Waals surface area contributed by atoms with Crippen LogP contribution in [0.5, 0.6) is 5.88 Å². The Morgan fingerprint density at radius 2 is 2.27 bits per heavy atom. The molecule has 3 nitrogen and oxygen atoms in total. The molecular weight excluding hydrogens is 208 g/mol. The molecule has 1 N–H and O–H groups in total. The van der Waals surface area contributed by atoms with E-state index in [1.54, 1.807) is 22.7 Å². The van der Waals surface area contributed by atoms with E-state index in [0.29, 0.717) is 4.73 Å². The Hall–Kier alpha value is -1.03. The van der Waals surface area contributed by atoms with E-state index in [1.807, 2.05) is 6.07 Å². The normalized spacial score (nSPS) is 10.6. The average Bonchev–Trinajstić information content (AvgIpc) is 2.34. The quantitative estimate of drug-likeness (QED) is 0.724. The zero-order valence-electron chi connectivity index (χ0n) is 5.53. The highest BCUT2D eigenvalue weighted by molar-refractivity contribution is 9.10. The molecule has 0 atom stereocenters. The monoisotopic (exact) mass is 212 g/mol. The summed E-state index contributed by atoms with van der Waals surface area (Å²) < 4.78 is 2.23. The Morgan fingerprint density at radius 1 is 1.45 bits per heavy atom. The molecule has 11 heavy (non-hydrogen) atoms. The van der Waals surface area contributed by atoms with E-state index in [0.717, 1.165) is 5.52 Å². The van der Waals surface area contributed by atoms with Crippen molar-refractivity contribution in [2.75, 3.05) is 0 Å². The van der Waals surface area contributed by atoms with E-state index in [9.17, 15) is 5.11 Å². The van der Waals surface area contributed by atoms with Crippen LogP contribution in [0.25, 0.3) is 5.52 Å². The van der Waals surface area contributed by atoms with Gasteiger partial charge in [0.1, 0.15) is 0 Å². The third-order valence-corrected chi connectivity index (χ3v) is 2.05. The topological polar surface area (TPSA) is 37.5 Å². The summed E-state index contributed by atoms with van der Waals surface area (Å²) in [7, 11) is 0. The summed E-state index contributed by atoms with van der Waals surface area (Å²) >= 11 is 3.21. The number of aromatic hydroxyl groups is 1. The minimum atomic E-state index is 0.187. The van der Waals surface area contributed by atoms with Crippen LogP contribution in [-0.2, 0) is 0 Å². The van der Waals surface area contributed by atoms with Crippen LogP contribution in [0.4, 0.5) is 0 Å². The second-order valence-electron chi connectivity index (χ2n) is 2.17. The minimum Gasteiger partial charge on any atom is -0.494 e. The van der Waals surface area contributed by atoms with Crippen LogP contribution in [0.2, 0.25) is 0 Å². The van der Waals surface area contributed by atoms with E-state index in [1.165, 1.54) is 0 Å². The first kappa shape index (κ1) is 6.67. The predicted molar refractivity (Wildman–Crippen MR) is 44.6 cm³/mol. The largest absolute Gasteiger partial charge is 0.494 e. The summed E-state index contributed by atoms with van der Waals surface area (Å²) in [4.78, 5) is 3.98. The van der Waals surface area contributed by atoms with E-state index >= 15 is 0 Å². The third kappa shape index (κ3) is 0.903. The molecule has 0 bridgehead atoms. The van der Waals surface area contributed by atoms with Gasteiger partial charge >= 0.3 is 0 Å². The average molecular weight is 213 g/mol. The van der Waals surface area contributed by atoms with Crippen LogP contribution in [0, 0.1) is 0 Å². The molecule has 2 heterocycles. The van der Waals surface area contributed by atoms with Gasteiger partial charge in [-0.3, -0.25) is 4.40 Å². The highest BCUT2D eigenvalue weighted by atomic mass is 79.9. The number of rotatable bonds is 0. The van der Waals surface area contributed by atoms with Crippen molar-refractivity contribution < 1.29 is 5.11 Å². The standard InChI is InChI=1S/C7H5BrN2O/c8-7-9-4-5-2-1-3-6(11)10(5)7/h1-4,11H. The molecule has 0 saturated heterocycles. The highest BCUT2D eigenvalue weighted by Gasteiger charge is 2.01. The molecule has 0 amide bonds. The van der Waals surface area contributed by atoms with E-state index in [-0.39, 0.29) is 5.88 Å². The number of halogens is 1. The van der Waals surface area contributed by atoms with Crippen LogP contribution in [0.3, 0.4) is 0 Å². The van der Waals surface area contributed by atoms with Gasteiger partial charge in [0.25, 0.3) is 0 Å². The first-order valence-corrected chi connectivity index (χ1v) is 3.89. The van der Waals surface area contributed by atoms with Crippen LogP contribution in [0.1, 0.15) is 0 Å². The van der Waals surface area contributed by atoms with Gasteiger partial charge in [0.2, 0.25) is 0 Å². The fraction of sp³-hybridized carbons (Fsp3) is 0. The SMILES string of the molecule is Oc1cccc2cnc(Br)n12. The molecule has 0 radical (unpaired) electrons. The molecule has 0 unspecified atom stereocenters. The number of nitrogens with zero attached hydrogens (tertiary/aromatic N) is 2. The van der Waals surface area contributed by atoms with Crippen molar-refractivity contribution in [3.8, 4) is 5.88 Å². The lowest BCUT2D eigenvalue weighted by Crippen LogP contribution is -1.83. The van der Waals surface area contributed by atoms with E-state index in [2.05, 4.69) is 20.9 Å². The molecule has 0 saturated carbocycles. The van der Waals surface area contributed by atoms with Gasteiger partial charge in [-0.2, -0.15) is 0 Å². The zero-order valence-corrected chi connectivity index (χ0v) is 7.12. The fourth-order valence-electron chi connectivity index (χ4n) is 0.993. The van der Waals surface area contributed by atoms with Crippen LogP contribution < -0.4 is 0 Å². The summed E-state index contributed by atoms with van der Waals surface area (Å²) in [5.41, 5.74) is 0.872. The summed E-state index contributed by atoms with van der Waals surface area (Å²) in [5, 5.41) is 9.33. The van der Waals surface area contributed by atoms with Gasteiger partial charge in [0, 0.05) is 0 Å². The van der Waals surface area contributed by atoms with Crippen molar-refractivity contribution in [1.29, 1.82) is 0 Å². The predicted octanol–water partition coefficient (Wildman–Crippen LogP) is 1.80. The summed E-state index contributed by atoms with van der Waals surface area (Å²) in [6.07, 6.45) is 1.68. The zero-order chi connectivity index (χ0) is 7.84. The smallest absolute Gasteiger partial charge is 0.197 e. The molecule has 4 heteroatoms. The molecule has 0 spiro atoms. The molecule has 56 valence electrons. The Bertz CT molecular complexity index is 396. The van der Waals surface area contributed by atoms with Crippen molar-refractivity contribution in [2.45, 2.75) is 0 Å². The first-order valence-electron chi connectivity index (χ1n) is 3.10. The molecular formula is C7H5BrN2O. The van der Waals surface area contributed by atoms with Gasteiger partial charge in [-0.05, 0) is 28.1 Å². The van der Waals surface area contributed by atoms with Gasteiger partial charge in [0.05, 0.1) is 11.7 Å². The Kier molecular flexibility index (Phi) is 1.35. The maximum atomic E-state index is 9.33. The lowest BCUT2D eigenvalue weighted by atomic mass is 10.4. The molecule has 0 fully saturated rings. The number of fused-ring (bicyclic) bond motifs is 1. The second-order valence-corrected chi connectivity index (χ2v) is 2.88. The van der Waals surface area contributed by atoms with Gasteiger partial charge < -0.3 is 5.11 Å². The van der Waals surface area contributed by atoms with E-state index < -0.39 is 0 Å². The molecule has 0 aromatic carbocycles. The number of pyridine rings is 1. The Morgan fingerprint density at radius 3 is 3.00 bits per heavy atom. The molecule has 0 aliphatic carbocycles. The minimum absolute atomic E-state index is 0.187. The molecule has 2 aromatic heterocycles. The Labute approximate surface area is 71.4 Å². The summed E-state index contributed by atoms with van der Waals surface area (Å²) in [5.74, 6) is 0.187. The summed E-state index contributed by atoms with van der Waals surface area (Å²) in [6.45, 7) is 0. The first-order chi connectivity index (χ1) is 5.29.